The first kappa shape index (κ1) is 19.1. The predicted molar refractivity (Wildman–Crippen MR) is 105 cm³/mol. The van der Waals surface area contributed by atoms with Crippen LogP contribution in [0.5, 0.6) is 0 Å². The fourth-order valence-corrected chi connectivity index (χ4v) is 4.29. The molecule has 142 valence electrons. The molecular weight excluding hydrogens is 367 g/mol. The van der Waals surface area contributed by atoms with E-state index in [0.29, 0.717) is 36.2 Å². The number of hydrogen-bond donors (Lipinski definition) is 1. The van der Waals surface area contributed by atoms with E-state index in [1.54, 1.807) is 48.2 Å². The maximum Gasteiger partial charge on any atom is 0.236 e. The van der Waals surface area contributed by atoms with Crippen molar-refractivity contribution in [2.24, 2.45) is 0 Å². The molecule has 5 nitrogen and oxygen atoms in total. The van der Waals surface area contributed by atoms with Crippen LogP contribution < -0.4 is 9.62 Å². The van der Waals surface area contributed by atoms with Gasteiger partial charge in [0.1, 0.15) is 5.82 Å². The van der Waals surface area contributed by atoms with Crippen LogP contribution in [0, 0.1) is 12.7 Å². The first-order valence-corrected chi connectivity index (χ1v) is 10.2. The maximum atomic E-state index is 13.6. The van der Waals surface area contributed by atoms with Crippen molar-refractivity contribution in [1.29, 1.82) is 0 Å². The molecule has 0 aromatic heterocycles. The normalized spacial score (nSPS) is 14.0. The second kappa shape index (κ2) is 7.52. The molecular formula is C20H21FN2O3S. The van der Waals surface area contributed by atoms with E-state index in [4.69, 9.17) is 0 Å². The fourth-order valence-electron chi connectivity index (χ4n) is 3.11. The molecule has 2 aromatic rings. The third-order valence-electron chi connectivity index (χ3n) is 4.46. The molecule has 1 aliphatic rings. The number of rotatable bonds is 6. The topological polar surface area (TPSA) is 66.5 Å². The Morgan fingerprint density at radius 3 is 2.70 bits per heavy atom. The molecule has 2 aromatic carbocycles. The zero-order valence-electron chi connectivity index (χ0n) is 15.0. The van der Waals surface area contributed by atoms with Crippen LogP contribution in [0.4, 0.5) is 15.8 Å². The number of nitrogens with zero attached hydrogens (tertiary/aromatic N) is 1. The first-order chi connectivity index (χ1) is 12.8. The van der Waals surface area contributed by atoms with Crippen molar-refractivity contribution in [2.75, 3.05) is 16.2 Å². The number of nitrogens with one attached hydrogen (secondary N) is 1. The van der Waals surface area contributed by atoms with Crippen molar-refractivity contribution in [1.82, 2.24) is 0 Å². The average molecular weight is 388 g/mol. The van der Waals surface area contributed by atoms with E-state index in [1.165, 1.54) is 6.07 Å². The third-order valence-corrected chi connectivity index (χ3v) is 5.72. The van der Waals surface area contributed by atoms with Gasteiger partial charge >= 0.3 is 0 Å². The summed E-state index contributed by atoms with van der Waals surface area (Å²) in [5.74, 6) is -0.719. The van der Waals surface area contributed by atoms with E-state index in [-0.39, 0.29) is 11.7 Å². The number of carbonyl (C=O) groups excluding carboxylic acids is 1. The summed E-state index contributed by atoms with van der Waals surface area (Å²) in [6.45, 7) is 5.70. The fraction of sp³-hybridized carbons (Fsp3) is 0.250. The van der Waals surface area contributed by atoms with Crippen LogP contribution in [-0.4, -0.2) is 20.9 Å². The van der Waals surface area contributed by atoms with Crippen molar-refractivity contribution >= 4 is 27.3 Å². The van der Waals surface area contributed by atoms with E-state index in [1.807, 2.05) is 0 Å². The minimum Gasteiger partial charge on any atom is -0.308 e. The highest BCUT2D eigenvalue weighted by Gasteiger charge is 2.24. The Hall–Kier alpha value is -2.67. The Kier molecular flexibility index (Phi) is 5.32. The van der Waals surface area contributed by atoms with Crippen molar-refractivity contribution in [3.8, 4) is 0 Å². The van der Waals surface area contributed by atoms with Gasteiger partial charge in [0.05, 0.1) is 5.75 Å². The van der Waals surface area contributed by atoms with Gasteiger partial charge < -0.3 is 4.90 Å². The smallest absolute Gasteiger partial charge is 0.236 e. The summed E-state index contributed by atoms with van der Waals surface area (Å²) in [5.41, 5.74) is 2.95. The van der Waals surface area contributed by atoms with Gasteiger partial charge in [-0.05, 0) is 54.3 Å². The van der Waals surface area contributed by atoms with E-state index in [9.17, 15) is 17.6 Å². The van der Waals surface area contributed by atoms with Gasteiger partial charge in [-0.3, -0.25) is 9.52 Å². The number of amides is 1. The van der Waals surface area contributed by atoms with Gasteiger partial charge in [-0.15, -0.1) is 6.58 Å². The summed E-state index contributed by atoms with van der Waals surface area (Å²) >= 11 is 0. The molecule has 27 heavy (non-hydrogen) atoms. The van der Waals surface area contributed by atoms with E-state index < -0.39 is 15.8 Å². The second-order valence-electron chi connectivity index (χ2n) is 6.58. The number of anilines is 2. The lowest BCUT2D eigenvalue weighted by Crippen LogP contribution is -2.35. The number of fused-ring (bicyclic) bond motifs is 1. The molecule has 0 fully saturated rings. The van der Waals surface area contributed by atoms with E-state index >= 15 is 0 Å². The third kappa shape index (κ3) is 4.36. The monoisotopic (exact) mass is 388 g/mol. The highest BCUT2D eigenvalue weighted by atomic mass is 32.2. The van der Waals surface area contributed by atoms with Crippen LogP contribution in [0.2, 0.25) is 0 Å². The number of halogens is 1. The molecule has 1 heterocycles. The van der Waals surface area contributed by atoms with E-state index in [0.717, 1.165) is 11.3 Å². The van der Waals surface area contributed by atoms with Crippen LogP contribution in [0.1, 0.15) is 23.1 Å². The summed E-state index contributed by atoms with van der Waals surface area (Å²) < 4.78 is 41.1. The Morgan fingerprint density at radius 1 is 1.22 bits per heavy atom. The van der Waals surface area contributed by atoms with Gasteiger partial charge in [-0.25, -0.2) is 12.8 Å². The van der Waals surface area contributed by atoms with Crippen LogP contribution in [0.25, 0.3) is 0 Å². The molecule has 3 rings (SSSR count). The molecule has 1 amide bonds. The SMILES string of the molecule is C=CCN1C(=O)CCc2cc(NS(=O)(=O)Cc3ccc(C)c(F)c3)ccc21. The molecule has 7 heteroatoms. The minimum atomic E-state index is -3.69. The number of sulfonamides is 1. The zero-order chi connectivity index (χ0) is 19.6. The largest absolute Gasteiger partial charge is 0.308 e. The molecule has 1 aliphatic heterocycles. The standard InChI is InChI=1S/C20H21FN2O3S/c1-3-10-23-19-8-7-17(12-16(19)6-9-20(23)24)22-27(25,26)13-15-5-4-14(2)18(21)11-15/h3-5,7-8,11-12,22H,1,6,9-10,13H2,2H3. The van der Waals surface area contributed by atoms with Gasteiger partial charge in [0.15, 0.2) is 0 Å². The quantitative estimate of drug-likeness (QED) is 0.770. The van der Waals surface area contributed by atoms with Gasteiger partial charge in [-0.2, -0.15) is 0 Å². The summed E-state index contributed by atoms with van der Waals surface area (Å²) in [7, 11) is -3.69. The van der Waals surface area contributed by atoms with E-state index in [2.05, 4.69) is 11.3 Å². The molecule has 0 bridgehead atoms. The number of benzene rings is 2. The molecule has 0 spiro atoms. The lowest BCUT2D eigenvalue weighted by molar-refractivity contribution is -0.118. The molecule has 1 N–H and O–H groups in total. The Morgan fingerprint density at radius 2 is 2.00 bits per heavy atom. The van der Waals surface area contributed by atoms with Crippen LogP contribution in [0.15, 0.2) is 49.1 Å². The van der Waals surface area contributed by atoms with Crippen LogP contribution in [-0.2, 0) is 27.0 Å². The summed E-state index contributed by atoms with van der Waals surface area (Å²) in [6, 6.07) is 9.50. The zero-order valence-corrected chi connectivity index (χ0v) is 15.9. The van der Waals surface area contributed by atoms with Gasteiger partial charge in [0, 0.05) is 24.3 Å². The second-order valence-corrected chi connectivity index (χ2v) is 8.30. The maximum absolute atomic E-state index is 13.6. The van der Waals surface area contributed by atoms with Crippen molar-refractivity contribution in [2.45, 2.75) is 25.5 Å². The molecule has 0 atom stereocenters. The molecule has 0 unspecified atom stereocenters. The number of hydrogen-bond acceptors (Lipinski definition) is 3. The molecule has 0 radical (unpaired) electrons. The van der Waals surface area contributed by atoms with Crippen molar-refractivity contribution in [3.05, 3.63) is 71.6 Å². The van der Waals surface area contributed by atoms with Crippen LogP contribution >= 0.6 is 0 Å². The summed E-state index contributed by atoms with van der Waals surface area (Å²) in [4.78, 5) is 13.7. The van der Waals surface area contributed by atoms with Gasteiger partial charge in [0.25, 0.3) is 0 Å². The number of carbonyl (C=O) groups is 1. The summed E-state index contributed by atoms with van der Waals surface area (Å²) in [5, 5.41) is 0. The lowest BCUT2D eigenvalue weighted by Gasteiger charge is -2.29. The van der Waals surface area contributed by atoms with Crippen LogP contribution in [0.3, 0.4) is 0 Å². The lowest BCUT2D eigenvalue weighted by atomic mass is 10.0. The molecule has 0 saturated carbocycles. The Balaban J connectivity index is 1.80. The summed E-state index contributed by atoms with van der Waals surface area (Å²) in [6.07, 6.45) is 2.59. The Bertz CT molecular complexity index is 1000. The van der Waals surface area contributed by atoms with Crippen molar-refractivity contribution < 1.29 is 17.6 Å². The average Bonchev–Trinajstić information content (AvgIpc) is 2.60. The highest BCUT2D eigenvalue weighted by Crippen LogP contribution is 2.30. The van der Waals surface area contributed by atoms with Crippen molar-refractivity contribution in [3.63, 3.8) is 0 Å². The predicted octanol–water partition coefficient (Wildman–Crippen LogP) is 3.54. The highest BCUT2D eigenvalue weighted by molar-refractivity contribution is 7.91. The van der Waals surface area contributed by atoms with Gasteiger partial charge in [0.2, 0.25) is 15.9 Å². The Labute approximate surface area is 158 Å². The first-order valence-electron chi connectivity index (χ1n) is 8.59. The number of aryl methyl sites for hydroxylation is 2. The minimum absolute atomic E-state index is 0.0251. The molecule has 0 aliphatic carbocycles. The molecule has 0 saturated heterocycles. The van der Waals surface area contributed by atoms with Gasteiger partial charge in [-0.1, -0.05) is 18.2 Å².